The zero-order valence-corrected chi connectivity index (χ0v) is 14.5. The maximum absolute atomic E-state index is 10.2. The van der Waals surface area contributed by atoms with Gasteiger partial charge in [-0.15, -0.1) is 0 Å². The maximum Gasteiger partial charge on any atom is 0.203 e. The van der Waals surface area contributed by atoms with E-state index in [9.17, 15) is 5.11 Å². The Morgan fingerprint density at radius 2 is 1.40 bits per heavy atom. The van der Waals surface area contributed by atoms with E-state index in [1.807, 2.05) is 18.2 Å². The Labute approximate surface area is 145 Å². The van der Waals surface area contributed by atoms with Gasteiger partial charge in [-0.1, -0.05) is 0 Å². The van der Waals surface area contributed by atoms with E-state index in [4.69, 9.17) is 18.9 Å². The van der Waals surface area contributed by atoms with Gasteiger partial charge < -0.3 is 24.1 Å². The van der Waals surface area contributed by atoms with Crippen molar-refractivity contribution in [2.45, 2.75) is 0 Å². The lowest BCUT2D eigenvalue weighted by molar-refractivity contribution is 0.333. The number of pyridine rings is 1. The molecule has 0 amide bonds. The number of nitrogens with zero attached hydrogens (tertiary/aromatic N) is 1. The molecule has 0 radical (unpaired) electrons. The minimum absolute atomic E-state index is 0.00394. The molecular weight excluding hydrogens is 322 g/mol. The third-order valence-corrected chi connectivity index (χ3v) is 3.98. The lowest BCUT2D eigenvalue weighted by atomic mass is 10.0. The van der Waals surface area contributed by atoms with Crippen LogP contribution in [0.2, 0.25) is 0 Å². The Balaban J connectivity index is 2.15. The van der Waals surface area contributed by atoms with Gasteiger partial charge in [0.05, 0.1) is 34.0 Å². The molecule has 0 saturated heterocycles. The first kappa shape index (κ1) is 16.7. The summed E-state index contributed by atoms with van der Waals surface area (Å²) in [6.07, 6.45) is 1.73. The van der Waals surface area contributed by atoms with E-state index in [1.54, 1.807) is 32.5 Å². The van der Waals surface area contributed by atoms with E-state index in [1.165, 1.54) is 14.2 Å². The first-order valence-corrected chi connectivity index (χ1v) is 7.58. The number of hydrogen-bond acceptors (Lipinski definition) is 6. The van der Waals surface area contributed by atoms with Crippen LogP contribution in [0.25, 0.3) is 22.0 Å². The molecule has 6 heteroatoms. The monoisotopic (exact) mass is 341 g/mol. The number of rotatable bonds is 5. The fourth-order valence-electron chi connectivity index (χ4n) is 2.72. The molecule has 0 aliphatic heterocycles. The van der Waals surface area contributed by atoms with Crippen molar-refractivity contribution >= 4 is 10.9 Å². The average molecular weight is 341 g/mol. The second-order valence-electron chi connectivity index (χ2n) is 5.35. The molecule has 0 aliphatic rings. The molecule has 3 rings (SSSR count). The number of aromatic hydroxyl groups is 1. The first-order valence-electron chi connectivity index (χ1n) is 7.58. The molecule has 0 saturated carbocycles. The third-order valence-electron chi connectivity index (χ3n) is 3.98. The van der Waals surface area contributed by atoms with E-state index in [0.717, 1.165) is 22.0 Å². The zero-order chi connectivity index (χ0) is 18.0. The number of aromatic nitrogens is 1. The summed E-state index contributed by atoms with van der Waals surface area (Å²) in [5.41, 5.74) is 2.38. The minimum atomic E-state index is 0.00394. The molecule has 0 aliphatic carbocycles. The summed E-state index contributed by atoms with van der Waals surface area (Å²) in [5, 5.41) is 11.1. The van der Waals surface area contributed by atoms with Gasteiger partial charge in [-0.3, -0.25) is 4.98 Å². The van der Waals surface area contributed by atoms with Gasteiger partial charge in [0.15, 0.2) is 23.0 Å². The van der Waals surface area contributed by atoms with Crippen LogP contribution in [-0.4, -0.2) is 38.5 Å². The molecule has 0 spiro atoms. The molecule has 0 unspecified atom stereocenters. The van der Waals surface area contributed by atoms with Crippen LogP contribution in [-0.2, 0) is 0 Å². The quantitative estimate of drug-likeness (QED) is 0.764. The molecule has 3 aromatic rings. The molecule has 1 N–H and O–H groups in total. The van der Waals surface area contributed by atoms with Gasteiger partial charge in [-0.25, -0.2) is 0 Å². The summed E-state index contributed by atoms with van der Waals surface area (Å²) in [6, 6.07) is 9.06. The number of benzene rings is 2. The predicted molar refractivity (Wildman–Crippen MR) is 95.1 cm³/mol. The fourth-order valence-corrected chi connectivity index (χ4v) is 2.72. The molecule has 2 aromatic carbocycles. The fraction of sp³-hybridized carbons (Fsp3) is 0.211. The van der Waals surface area contributed by atoms with Crippen molar-refractivity contribution in [2.24, 2.45) is 0 Å². The van der Waals surface area contributed by atoms with Crippen LogP contribution < -0.4 is 18.9 Å². The normalized spacial score (nSPS) is 10.6. The Hall–Kier alpha value is -3.15. The van der Waals surface area contributed by atoms with Gasteiger partial charge in [0.2, 0.25) is 5.75 Å². The van der Waals surface area contributed by atoms with E-state index in [2.05, 4.69) is 4.98 Å². The lowest BCUT2D eigenvalue weighted by Crippen LogP contribution is -1.93. The van der Waals surface area contributed by atoms with Gasteiger partial charge in [-0.05, 0) is 29.8 Å². The van der Waals surface area contributed by atoms with Gasteiger partial charge in [0, 0.05) is 23.2 Å². The van der Waals surface area contributed by atoms with Crippen LogP contribution in [0.5, 0.6) is 28.7 Å². The molecule has 1 heterocycles. The zero-order valence-electron chi connectivity index (χ0n) is 14.5. The second kappa shape index (κ2) is 6.76. The van der Waals surface area contributed by atoms with Crippen LogP contribution in [0.15, 0.2) is 36.5 Å². The Morgan fingerprint density at radius 3 is 2.04 bits per heavy atom. The van der Waals surface area contributed by atoms with Crippen LogP contribution >= 0.6 is 0 Å². The maximum atomic E-state index is 10.2. The molecular formula is C19H19NO5. The van der Waals surface area contributed by atoms with Crippen molar-refractivity contribution in [2.75, 3.05) is 28.4 Å². The van der Waals surface area contributed by atoms with Crippen molar-refractivity contribution in [3.05, 3.63) is 36.5 Å². The van der Waals surface area contributed by atoms with Crippen LogP contribution in [0, 0.1) is 0 Å². The minimum Gasteiger partial charge on any atom is -0.504 e. The van der Waals surface area contributed by atoms with Crippen molar-refractivity contribution < 1.29 is 24.1 Å². The summed E-state index contributed by atoms with van der Waals surface area (Å²) in [4.78, 5) is 4.48. The highest BCUT2D eigenvalue weighted by atomic mass is 16.5. The number of methoxy groups -OCH3 is 4. The highest BCUT2D eigenvalue weighted by Crippen LogP contribution is 2.41. The SMILES string of the molecule is COc1cc2cc(-c3cc(O)c(OC)c(OC)c3)cnc2cc1OC. The Bertz CT molecular complexity index is 923. The summed E-state index contributed by atoms with van der Waals surface area (Å²) >= 11 is 0. The summed E-state index contributed by atoms with van der Waals surface area (Å²) in [7, 11) is 6.18. The number of ether oxygens (including phenoxy) is 4. The van der Waals surface area contributed by atoms with E-state index < -0.39 is 0 Å². The average Bonchev–Trinajstić information content (AvgIpc) is 2.65. The van der Waals surface area contributed by atoms with Gasteiger partial charge >= 0.3 is 0 Å². The van der Waals surface area contributed by atoms with E-state index in [-0.39, 0.29) is 5.75 Å². The van der Waals surface area contributed by atoms with Crippen molar-refractivity contribution in [3.63, 3.8) is 0 Å². The molecule has 0 bridgehead atoms. The molecule has 25 heavy (non-hydrogen) atoms. The van der Waals surface area contributed by atoms with Gasteiger partial charge in [0.1, 0.15) is 0 Å². The lowest BCUT2D eigenvalue weighted by Gasteiger charge is -2.13. The highest BCUT2D eigenvalue weighted by molar-refractivity contribution is 5.87. The third kappa shape index (κ3) is 2.98. The van der Waals surface area contributed by atoms with E-state index in [0.29, 0.717) is 23.0 Å². The number of phenolic OH excluding ortho intramolecular Hbond substituents is 1. The van der Waals surface area contributed by atoms with Crippen molar-refractivity contribution in [1.29, 1.82) is 0 Å². The highest BCUT2D eigenvalue weighted by Gasteiger charge is 2.14. The van der Waals surface area contributed by atoms with Crippen LogP contribution in [0.1, 0.15) is 0 Å². The predicted octanol–water partition coefficient (Wildman–Crippen LogP) is 3.64. The number of fused-ring (bicyclic) bond motifs is 1. The number of phenols is 1. The molecule has 130 valence electrons. The first-order chi connectivity index (χ1) is 12.1. The smallest absolute Gasteiger partial charge is 0.203 e. The summed E-state index contributed by atoms with van der Waals surface area (Å²) in [5.74, 6) is 2.00. The Kier molecular flexibility index (Phi) is 4.52. The van der Waals surface area contributed by atoms with Crippen LogP contribution in [0.4, 0.5) is 0 Å². The standard InChI is InChI=1S/C19H19NO5/c1-22-16-8-12-5-13(10-20-14(12)9-17(16)23-2)11-6-15(21)19(25-4)18(7-11)24-3/h5-10,21H,1-4H3. The molecule has 0 atom stereocenters. The van der Waals surface area contributed by atoms with E-state index >= 15 is 0 Å². The van der Waals surface area contributed by atoms with Crippen molar-refractivity contribution in [1.82, 2.24) is 4.98 Å². The Morgan fingerprint density at radius 1 is 0.720 bits per heavy atom. The molecule has 1 aromatic heterocycles. The van der Waals surface area contributed by atoms with Gasteiger partial charge in [-0.2, -0.15) is 0 Å². The second-order valence-corrected chi connectivity index (χ2v) is 5.35. The topological polar surface area (TPSA) is 70.0 Å². The molecule has 6 nitrogen and oxygen atoms in total. The van der Waals surface area contributed by atoms with Gasteiger partial charge in [0.25, 0.3) is 0 Å². The number of hydrogen-bond donors (Lipinski definition) is 1. The largest absolute Gasteiger partial charge is 0.504 e. The summed E-state index contributed by atoms with van der Waals surface area (Å²) < 4.78 is 21.1. The van der Waals surface area contributed by atoms with Crippen molar-refractivity contribution in [3.8, 4) is 39.9 Å². The summed E-state index contributed by atoms with van der Waals surface area (Å²) in [6.45, 7) is 0. The molecule has 0 fully saturated rings. The van der Waals surface area contributed by atoms with Crippen LogP contribution in [0.3, 0.4) is 0 Å².